The Hall–Kier alpha value is -1.72. The van der Waals surface area contributed by atoms with E-state index in [-0.39, 0.29) is 11.4 Å². The minimum Gasteiger partial charge on any atom is -0.492 e. The molecule has 27 heavy (non-hydrogen) atoms. The fourth-order valence-corrected chi connectivity index (χ4v) is 3.10. The summed E-state index contributed by atoms with van der Waals surface area (Å²) in [6, 6.07) is 11.3. The van der Waals surface area contributed by atoms with Gasteiger partial charge in [0.25, 0.3) is 0 Å². The number of carbonyl (C=O) groups is 1. The molecule has 2 N–H and O–H groups in total. The molecule has 0 aliphatic carbocycles. The van der Waals surface area contributed by atoms with Crippen LogP contribution in [0, 0.1) is 6.92 Å². The zero-order valence-corrected chi connectivity index (χ0v) is 18.5. The summed E-state index contributed by atoms with van der Waals surface area (Å²) in [4.78, 5) is 12.0. The van der Waals surface area contributed by atoms with E-state index < -0.39 is 0 Å². The molecule has 0 saturated carbocycles. The van der Waals surface area contributed by atoms with E-state index in [1.165, 1.54) is 5.56 Å². The van der Waals surface area contributed by atoms with Gasteiger partial charge >= 0.3 is 6.03 Å². The summed E-state index contributed by atoms with van der Waals surface area (Å²) in [5.74, 6) is 0.807. The Bertz CT molecular complexity index is 803. The highest BCUT2D eigenvalue weighted by Crippen LogP contribution is 2.31. The van der Waals surface area contributed by atoms with E-state index in [2.05, 4.69) is 59.5 Å². The Kier molecular flexibility index (Phi) is 7.57. The van der Waals surface area contributed by atoms with E-state index in [1.54, 1.807) is 12.1 Å². The van der Waals surface area contributed by atoms with Gasteiger partial charge in [0.05, 0.1) is 11.1 Å². The standard InChI is InChI=1S/C21H26BrClN2O2/c1-14-6-8-16(23)13-18(14)25-20(26)24-10-5-11-27-19-9-7-15(12-17(19)22)21(2,3)4/h6-9,12-13H,5,10-11H2,1-4H3,(H2,24,25,26). The quantitative estimate of drug-likeness (QED) is 0.504. The second-order valence-corrected chi connectivity index (χ2v) is 8.73. The number of amides is 2. The fraction of sp³-hybridized carbons (Fsp3) is 0.381. The lowest BCUT2D eigenvalue weighted by atomic mass is 9.87. The van der Waals surface area contributed by atoms with Crippen LogP contribution in [0.3, 0.4) is 0 Å². The predicted octanol–water partition coefficient (Wildman–Crippen LogP) is 6.30. The van der Waals surface area contributed by atoms with E-state index in [4.69, 9.17) is 16.3 Å². The van der Waals surface area contributed by atoms with E-state index in [0.29, 0.717) is 30.3 Å². The molecular formula is C21H26BrClN2O2. The van der Waals surface area contributed by atoms with Crippen LogP contribution in [0.5, 0.6) is 5.75 Å². The van der Waals surface area contributed by atoms with Crippen LogP contribution in [0.1, 0.15) is 38.3 Å². The minimum atomic E-state index is -0.254. The molecule has 0 bridgehead atoms. The first kappa shape index (κ1) is 21.6. The van der Waals surface area contributed by atoms with E-state index in [0.717, 1.165) is 15.8 Å². The maximum Gasteiger partial charge on any atom is 0.319 e. The van der Waals surface area contributed by atoms with Gasteiger partial charge in [-0.25, -0.2) is 4.79 Å². The van der Waals surface area contributed by atoms with Gasteiger partial charge in [0, 0.05) is 17.3 Å². The number of urea groups is 1. The van der Waals surface area contributed by atoms with Gasteiger partial charge in [0.1, 0.15) is 5.75 Å². The third-order valence-corrected chi connectivity index (χ3v) is 4.96. The van der Waals surface area contributed by atoms with Crippen molar-refractivity contribution < 1.29 is 9.53 Å². The average Bonchev–Trinajstić information content (AvgIpc) is 2.58. The Morgan fingerprint density at radius 2 is 1.93 bits per heavy atom. The highest BCUT2D eigenvalue weighted by molar-refractivity contribution is 9.10. The summed E-state index contributed by atoms with van der Waals surface area (Å²) >= 11 is 9.53. The van der Waals surface area contributed by atoms with Crippen molar-refractivity contribution in [3.8, 4) is 5.75 Å². The van der Waals surface area contributed by atoms with Crippen molar-refractivity contribution >= 4 is 39.2 Å². The van der Waals surface area contributed by atoms with E-state index in [9.17, 15) is 4.79 Å². The molecule has 4 nitrogen and oxygen atoms in total. The molecule has 2 rings (SSSR count). The number of anilines is 1. The van der Waals surface area contributed by atoms with Crippen molar-refractivity contribution in [2.45, 2.75) is 39.5 Å². The molecule has 0 fully saturated rings. The molecule has 0 saturated heterocycles. The second kappa shape index (κ2) is 9.47. The van der Waals surface area contributed by atoms with Crippen LogP contribution in [-0.2, 0) is 5.41 Å². The zero-order chi connectivity index (χ0) is 20.0. The van der Waals surface area contributed by atoms with Crippen LogP contribution in [0.2, 0.25) is 5.02 Å². The molecule has 0 aliphatic rings. The van der Waals surface area contributed by atoms with Gasteiger partial charge in [-0.1, -0.05) is 44.5 Å². The third-order valence-electron chi connectivity index (χ3n) is 4.11. The molecule has 0 aromatic heterocycles. The predicted molar refractivity (Wildman–Crippen MR) is 116 cm³/mol. The summed E-state index contributed by atoms with van der Waals surface area (Å²) < 4.78 is 6.75. The van der Waals surface area contributed by atoms with Crippen LogP contribution < -0.4 is 15.4 Å². The van der Waals surface area contributed by atoms with Crippen molar-refractivity contribution in [1.29, 1.82) is 0 Å². The van der Waals surface area contributed by atoms with Crippen LogP contribution in [-0.4, -0.2) is 19.2 Å². The number of aryl methyl sites for hydroxylation is 1. The normalized spacial score (nSPS) is 11.2. The molecule has 2 aromatic rings. The molecule has 2 amide bonds. The molecule has 0 atom stereocenters. The molecule has 146 valence electrons. The molecule has 0 radical (unpaired) electrons. The van der Waals surface area contributed by atoms with Gasteiger partial charge in [-0.3, -0.25) is 0 Å². The molecule has 0 unspecified atom stereocenters. The number of hydrogen-bond donors (Lipinski definition) is 2. The van der Waals surface area contributed by atoms with Crippen molar-refractivity contribution in [1.82, 2.24) is 5.32 Å². The SMILES string of the molecule is Cc1ccc(Cl)cc1NC(=O)NCCCOc1ccc(C(C)(C)C)cc1Br. The summed E-state index contributed by atoms with van der Waals surface area (Å²) in [6.07, 6.45) is 0.704. The van der Waals surface area contributed by atoms with Crippen molar-refractivity contribution in [2.75, 3.05) is 18.5 Å². The van der Waals surface area contributed by atoms with Gasteiger partial charge in [-0.15, -0.1) is 0 Å². The van der Waals surface area contributed by atoms with Crippen LogP contribution in [0.25, 0.3) is 0 Å². The smallest absolute Gasteiger partial charge is 0.319 e. The Morgan fingerprint density at radius 1 is 1.19 bits per heavy atom. The number of ether oxygens (including phenoxy) is 1. The Balaban J connectivity index is 1.74. The van der Waals surface area contributed by atoms with Gasteiger partial charge in [-0.2, -0.15) is 0 Å². The summed E-state index contributed by atoms with van der Waals surface area (Å²) in [6.45, 7) is 9.49. The van der Waals surface area contributed by atoms with E-state index >= 15 is 0 Å². The topological polar surface area (TPSA) is 50.4 Å². The van der Waals surface area contributed by atoms with Crippen LogP contribution in [0.4, 0.5) is 10.5 Å². The minimum absolute atomic E-state index is 0.0969. The number of hydrogen-bond acceptors (Lipinski definition) is 2. The number of halogens is 2. The van der Waals surface area contributed by atoms with Crippen LogP contribution in [0.15, 0.2) is 40.9 Å². The average molecular weight is 454 g/mol. The van der Waals surface area contributed by atoms with Crippen molar-refractivity contribution in [3.63, 3.8) is 0 Å². The molecule has 6 heteroatoms. The van der Waals surface area contributed by atoms with Gasteiger partial charge < -0.3 is 15.4 Å². The monoisotopic (exact) mass is 452 g/mol. The number of carbonyl (C=O) groups excluding carboxylic acids is 1. The van der Waals surface area contributed by atoms with Crippen molar-refractivity contribution in [3.05, 3.63) is 57.0 Å². The Morgan fingerprint density at radius 3 is 2.59 bits per heavy atom. The lowest BCUT2D eigenvalue weighted by Crippen LogP contribution is -2.30. The summed E-state index contributed by atoms with van der Waals surface area (Å²) in [5.41, 5.74) is 3.01. The zero-order valence-electron chi connectivity index (χ0n) is 16.2. The lowest BCUT2D eigenvalue weighted by Gasteiger charge is -2.20. The molecule has 0 spiro atoms. The lowest BCUT2D eigenvalue weighted by molar-refractivity contribution is 0.250. The maximum atomic E-state index is 12.0. The van der Waals surface area contributed by atoms with Crippen molar-refractivity contribution in [2.24, 2.45) is 0 Å². The third kappa shape index (κ3) is 6.74. The number of nitrogens with one attached hydrogen (secondary N) is 2. The molecular weight excluding hydrogens is 428 g/mol. The molecule has 0 heterocycles. The van der Waals surface area contributed by atoms with Crippen LogP contribution >= 0.6 is 27.5 Å². The first-order valence-electron chi connectivity index (χ1n) is 8.90. The summed E-state index contributed by atoms with van der Waals surface area (Å²) in [7, 11) is 0. The van der Waals surface area contributed by atoms with E-state index in [1.807, 2.05) is 19.1 Å². The van der Waals surface area contributed by atoms with Gasteiger partial charge in [-0.05, 0) is 70.1 Å². The largest absolute Gasteiger partial charge is 0.492 e. The maximum absolute atomic E-state index is 12.0. The van der Waals surface area contributed by atoms with Gasteiger partial charge in [0.2, 0.25) is 0 Å². The Labute approximate surface area is 174 Å². The molecule has 2 aromatic carbocycles. The first-order valence-corrected chi connectivity index (χ1v) is 10.1. The fourth-order valence-electron chi connectivity index (χ4n) is 2.44. The van der Waals surface area contributed by atoms with Gasteiger partial charge in [0.15, 0.2) is 0 Å². The highest BCUT2D eigenvalue weighted by Gasteiger charge is 2.15. The first-order chi connectivity index (χ1) is 12.7. The second-order valence-electron chi connectivity index (χ2n) is 7.44. The molecule has 0 aliphatic heterocycles. The number of rotatable bonds is 6. The summed E-state index contributed by atoms with van der Waals surface area (Å²) in [5, 5.41) is 6.22. The number of benzene rings is 2. The highest BCUT2D eigenvalue weighted by atomic mass is 79.9.